The van der Waals surface area contributed by atoms with Crippen LogP contribution in [0.25, 0.3) is 5.76 Å². The molecule has 7 nitrogen and oxygen atoms in total. The molecule has 2 unspecified atom stereocenters. The van der Waals surface area contributed by atoms with Gasteiger partial charge in [0.05, 0.1) is 17.7 Å². The summed E-state index contributed by atoms with van der Waals surface area (Å²) in [5, 5.41) is 11.5. The highest BCUT2D eigenvalue weighted by Crippen LogP contribution is 2.41. The number of nitrogens with zero attached hydrogens (tertiary/aromatic N) is 2. The fourth-order valence-corrected chi connectivity index (χ4v) is 5.23. The van der Waals surface area contributed by atoms with Crippen molar-refractivity contribution in [1.82, 2.24) is 4.90 Å². The topological polar surface area (TPSA) is 79.3 Å². The molecular weight excluding hydrogens is 492 g/mol. The molecule has 0 bridgehead atoms. The minimum absolute atomic E-state index is 0.0907. The average molecular weight is 527 g/mol. The number of carbonyl (C=O) groups excluding carboxylic acids is 2. The molecule has 3 aromatic carbocycles. The Balaban J connectivity index is 1.49. The van der Waals surface area contributed by atoms with Gasteiger partial charge in [0.1, 0.15) is 18.1 Å². The zero-order valence-corrected chi connectivity index (χ0v) is 22.6. The van der Waals surface area contributed by atoms with Gasteiger partial charge in [0.25, 0.3) is 11.7 Å². The van der Waals surface area contributed by atoms with Crippen LogP contribution >= 0.6 is 0 Å². The molecule has 0 aromatic heterocycles. The second-order valence-electron chi connectivity index (χ2n) is 10.3. The molecule has 2 aliphatic heterocycles. The number of rotatable bonds is 8. The summed E-state index contributed by atoms with van der Waals surface area (Å²) < 4.78 is 11.8. The maximum atomic E-state index is 13.4. The van der Waals surface area contributed by atoms with Crippen LogP contribution in [0.4, 0.5) is 5.69 Å². The molecule has 0 radical (unpaired) electrons. The van der Waals surface area contributed by atoms with E-state index in [1.54, 1.807) is 23.1 Å². The minimum atomic E-state index is -0.709. The van der Waals surface area contributed by atoms with Crippen LogP contribution in [0.5, 0.6) is 5.75 Å². The van der Waals surface area contributed by atoms with Gasteiger partial charge in [-0.25, -0.2) is 0 Å². The SMILES string of the molecule is Cc1cc(/C(O)=C2/C(=O)C(=O)N(CC3CCCO3)C2c2ccc(N(C)C)cc2)ccc1OCc1ccccc1. The van der Waals surface area contributed by atoms with Crippen molar-refractivity contribution >= 4 is 23.1 Å². The van der Waals surface area contributed by atoms with E-state index in [-0.39, 0.29) is 17.4 Å². The molecule has 3 aromatic rings. The predicted molar refractivity (Wildman–Crippen MR) is 151 cm³/mol. The van der Waals surface area contributed by atoms with Crippen LogP contribution in [-0.4, -0.2) is 55.0 Å². The van der Waals surface area contributed by atoms with Crippen LogP contribution in [-0.2, 0) is 20.9 Å². The van der Waals surface area contributed by atoms with Crippen molar-refractivity contribution in [2.24, 2.45) is 0 Å². The Morgan fingerprint density at radius 1 is 1.05 bits per heavy atom. The van der Waals surface area contributed by atoms with Crippen molar-refractivity contribution in [3.05, 3.63) is 101 Å². The Bertz CT molecular complexity index is 1380. The second kappa shape index (κ2) is 11.3. The highest BCUT2D eigenvalue weighted by molar-refractivity contribution is 6.46. The van der Waals surface area contributed by atoms with Crippen LogP contribution in [0.3, 0.4) is 0 Å². The van der Waals surface area contributed by atoms with E-state index in [0.717, 1.165) is 35.2 Å². The lowest BCUT2D eigenvalue weighted by Crippen LogP contribution is -2.36. The monoisotopic (exact) mass is 526 g/mol. The summed E-state index contributed by atoms with van der Waals surface area (Å²) in [6.07, 6.45) is 1.63. The van der Waals surface area contributed by atoms with Gasteiger partial charge in [0.15, 0.2) is 0 Å². The number of carbonyl (C=O) groups is 2. The average Bonchev–Trinajstić information content (AvgIpc) is 3.55. The molecule has 0 spiro atoms. The third kappa shape index (κ3) is 5.54. The summed E-state index contributed by atoms with van der Waals surface area (Å²) in [6, 6.07) is 22.2. The van der Waals surface area contributed by atoms with Crippen molar-refractivity contribution in [2.45, 2.75) is 38.5 Å². The maximum Gasteiger partial charge on any atom is 0.295 e. The maximum absolute atomic E-state index is 13.4. The number of aliphatic hydroxyl groups excluding tert-OH is 1. The molecule has 202 valence electrons. The first-order chi connectivity index (χ1) is 18.8. The molecule has 39 heavy (non-hydrogen) atoms. The van der Waals surface area contributed by atoms with Crippen molar-refractivity contribution in [2.75, 3.05) is 32.1 Å². The van der Waals surface area contributed by atoms with Gasteiger partial charge in [0, 0.05) is 38.5 Å². The zero-order valence-electron chi connectivity index (χ0n) is 22.6. The first-order valence-corrected chi connectivity index (χ1v) is 13.3. The molecule has 2 aliphatic rings. The molecule has 2 saturated heterocycles. The zero-order chi connectivity index (χ0) is 27.5. The summed E-state index contributed by atoms with van der Waals surface area (Å²) in [7, 11) is 3.90. The number of aryl methyl sites for hydroxylation is 1. The van der Waals surface area contributed by atoms with Gasteiger partial charge in [-0.1, -0.05) is 42.5 Å². The number of anilines is 1. The van der Waals surface area contributed by atoms with Crippen LogP contribution in [0.15, 0.2) is 78.4 Å². The number of amides is 1. The lowest BCUT2D eigenvalue weighted by Gasteiger charge is -2.28. The fourth-order valence-electron chi connectivity index (χ4n) is 5.23. The molecule has 0 saturated carbocycles. The Kier molecular flexibility index (Phi) is 7.70. The van der Waals surface area contributed by atoms with Gasteiger partial charge in [-0.15, -0.1) is 0 Å². The van der Waals surface area contributed by atoms with Crippen molar-refractivity contribution in [3.63, 3.8) is 0 Å². The lowest BCUT2D eigenvalue weighted by molar-refractivity contribution is -0.140. The Hall–Kier alpha value is -4.10. The van der Waals surface area contributed by atoms with E-state index in [0.29, 0.717) is 31.1 Å². The van der Waals surface area contributed by atoms with Gasteiger partial charge in [-0.3, -0.25) is 9.59 Å². The highest BCUT2D eigenvalue weighted by Gasteiger charge is 2.47. The van der Waals surface area contributed by atoms with E-state index in [1.165, 1.54) is 0 Å². The smallest absolute Gasteiger partial charge is 0.295 e. The van der Waals surface area contributed by atoms with Gasteiger partial charge in [-0.05, 0) is 66.8 Å². The van der Waals surface area contributed by atoms with Crippen LogP contribution in [0, 0.1) is 6.92 Å². The number of hydrogen-bond donors (Lipinski definition) is 1. The molecular formula is C32H34N2O5. The molecule has 0 aliphatic carbocycles. The van der Waals surface area contributed by atoms with Crippen LogP contribution < -0.4 is 9.64 Å². The number of likely N-dealkylation sites (tertiary alicyclic amines) is 1. The van der Waals surface area contributed by atoms with Crippen molar-refractivity contribution < 1.29 is 24.2 Å². The van der Waals surface area contributed by atoms with E-state index in [4.69, 9.17) is 9.47 Å². The third-order valence-electron chi connectivity index (χ3n) is 7.38. The number of hydrogen-bond acceptors (Lipinski definition) is 6. The molecule has 2 atom stereocenters. The summed E-state index contributed by atoms with van der Waals surface area (Å²) in [5.74, 6) is -0.810. The number of benzene rings is 3. The quantitative estimate of drug-likeness (QED) is 0.246. The first-order valence-electron chi connectivity index (χ1n) is 13.3. The number of ketones is 1. The standard InChI is InChI=1S/C32H34N2O5/c1-21-18-24(13-16-27(21)39-20-22-8-5-4-6-9-22)30(35)28-29(23-11-14-25(15-12-23)33(2)3)34(32(37)31(28)36)19-26-10-7-17-38-26/h4-6,8-9,11-16,18,26,29,35H,7,10,17,19-20H2,1-3H3/b30-28-. The van der Waals surface area contributed by atoms with E-state index in [1.807, 2.05) is 80.5 Å². The summed E-state index contributed by atoms with van der Waals surface area (Å²) in [4.78, 5) is 30.2. The van der Waals surface area contributed by atoms with Crippen molar-refractivity contribution in [3.8, 4) is 5.75 Å². The largest absolute Gasteiger partial charge is 0.507 e. The van der Waals surface area contributed by atoms with E-state index in [2.05, 4.69) is 0 Å². The first kappa shape index (κ1) is 26.5. The van der Waals surface area contributed by atoms with E-state index >= 15 is 0 Å². The Morgan fingerprint density at radius 2 is 1.79 bits per heavy atom. The van der Waals surface area contributed by atoms with E-state index < -0.39 is 17.7 Å². The lowest BCUT2D eigenvalue weighted by atomic mass is 9.94. The summed E-state index contributed by atoms with van der Waals surface area (Å²) >= 11 is 0. The second-order valence-corrected chi connectivity index (χ2v) is 10.3. The number of Topliss-reactive ketones (excluding diaryl/α,β-unsaturated/α-hetero) is 1. The molecule has 1 N–H and O–H groups in total. The third-order valence-corrected chi connectivity index (χ3v) is 7.38. The molecule has 1 amide bonds. The molecule has 2 heterocycles. The van der Waals surface area contributed by atoms with Crippen LogP contribution in [0.2, 0.25) is 0 Å². The van der Waals surface area contributed by atoms with E-state index in [9.17, 15) is 14.7 Å². The predicted octanol–water partition coefficient (Wildman–Crippen LogP) is 5.24. The minimum Gasteiger partial charge on any atom is -0.507 e. The number of ether oxygens (including phenoxy) is 2. The Morgan fingerprint density at radius 3 is 2.44 bits per heavy atom. The van der Waals surface area contributed by atoms with Gasteiger partial charge in [-0.2, -0.15) is 0 Å². The molecule has 5 rings (SSSR count). The summed E-state index contributed by atoms with van der Waals surface area (Å²) in [5.41, 5.74) is 4.18. The fraction of sp³-hybridized carbons (Fsp3) is 0.312. The van der Waals surface area contributed by atoms with Crippen molar-refractivity contribution in [1.29, 1.82) is 0 Å². The van der Waals surface area contributed by atoms with Gasteiger partial charge in [0.2, 0.25) is 0 Å². The number of aliphatic hydroxyl groups is 1. The van der Waals surface area contributed by atoms with Gasteiger partial charge >= 0.3 is 0 Å². The summed E-state index contributed by atoms with van der Waals surface area (Å²) in [6.45, 7) is 3.26. The molecule has 7 heteroatoms. The normalized spacial score (nSPS) is 20.4. The van der Waals surface area contributed by atoms with Crippen LogP contribution in [0.1, 0.15) is 41.1 Å². The Labute approximate surface area is 229 Å². The van der Waals surface area contributed by atoms with Gasteiger partial charge < -0.3 is 24.4 Å². The molecule has 2 fully saturated rings. The highest BCUT2D eigenvalue weighted by atomic mass is 16.5.